The van der Waals surface area contributed by atoms with Gasteiger partial charge < -0.3 is 4.74 Å². The number of imide groups is 1. The number of esters is 1. The summed E-state index contributed by atoms with van der Waals surface area (Å²) in [5.74, 6) is -4.85. The van der Waals surface area contributed by atoms with Crippen molar-refractivity contribution in [3.8, 4) is 0 Å². The molecule has 0 N–H and O–H groups in total. The number of ether oxygens (including phenoxy) is 1. The van der Waals surface area contributed by atoms with Crippen molar-refractivity contribution in [3.63, 3.8) is 0 Å². The highest BCUT2D eigenvalue weighted by Crippen LogP contribution is 2.69. The van der Waals surface area contributed by atoms with Gasteiger partial charge in [-0.25, -0.2) is 14.1 Å². The molecule has 0 radical (unpaired) electrons. The number of alkyl halides is 2. The van der Waals surface area contributed by atoms with Crippen molar-refractivity contribution in [2.75, 3.05) is 11.5 Å². The van der Waals surface area contributed by atoms with Gasteiger partial charge in [0.25, 0.3) is 0 Å². The second-order valence-corrected chi connectivity index (χ2v) is 11.7. The summed E-state index contributed by atoms with van der Waals surface area (Å²) >= 11 is 14.9. The van der Waals surface area contributed by atoms with Gasteiger partial charge in [-0.1, -0.05) is 54.6 Å². The van der Waals surface area contributed by atoms with E-state index in [0.717, 1.165) is 17.0 Å². The Balaban J connectivity index is 1.22. The van der Waals surface area contributed by atoms with E-state index < -0.39 is 57.6 Å². The van der Waals surface area contributed by atoms with Crippen LogP contribution in [0.4, 0.5) is 10.1 Å². The lowest BCUT2D eigenvalue weighted by molar-refractivity contribution is -0.122. The fourth-order valence-corrected chi connectivity index (χ4v) is 7.72. The number of carbonyl (C=O) groups is 4. The van der Waals surface area contributed by atoms with Crippen LogP contribution in [0.5, 0.6) is 0 Å². The van der Waals surface area contributed by atoms with E-state index in [0.29, 0.717) is 22.3 Å². The van der Waals surface area contributed by atoms with Crippen molar-refractivity contribution >= 4 is 52.5 Å². The molecule has 1 aliphatic heterocycles. The maximum atomic E-state index is 14.2. The Morgan fingerprint density at radius 2 is 1.21 bits per heavy atom. The molecule has 2 amide bonds. The van der Waals surface area contributed by atoms with Crippen molar-refractivity contribution in [2.45, 2.75) is 9.75 Å². The highest BCUT2D eigenvalue weighted by Gasteiger charge is 2.73. The summed E-state index contributed by atoms with van der Waals surface area (Å²) < 4.78 is 18.4. The van der Waals surface area contributed by atoms with Crippen LogP contribution in [0.1, 0.15) is 43.0 Å². The fourth-order valence-electron chi connectivity index (χ4n) is 6.63. The van der Waals surface area contributed by atoms with Crippen LogP contribution >= 0.6 is 23.2 Å². The van der Waals surface area contributed by atoms with E-state index in [2.05, 4.69) is 0 Å². The minimum absolute atomic E-state index is 0.0330. The molecule has 1 saturated heterocycles. The van der Waals surface area contributed by atoms with Gasteiger partial charge in [-0.05, 0) is 64.7 Å². The Bertz CT molecular complexity index is 1720. The van der Waals surface area contributed by atoms with Crippen LogP contribution in [0.3, 0.4) is 0 Å². The topological polar surface area (TPSA) is 80.8 Å². The molecule has 2 bridgehead atoms. The molecule has 8 rings (SSSR count). The van der Waals surface area contributed by atoms with Crippen LogP contribution in [-0.4, -0.2) is 30.2 Å². The molecule has 4 aromatic rings. The number of benzene rings is 4. The smallest absolute Gasteiger partial charge is 0.338 e. The molecule has 2 atom stereocenters. The first-order valence-electron chi connectivity index (χ1n) is 13.2. The van der Waals surface area contributed by atoms with Crippen molar-refractivity contribution in [1.82, 2.24) is 0 Å². The molecule has 1 fully saturated rings. The van der Waals surface area contributed by atoms with Crippen molar-refractivity contribution in [1.29, 1.82) is 0 Å². The second-order valence-electron chi connectivity index (χ2n) is 10.5. The zero-order valence-electron chi connectivity index (χ0n) is 21.7. The number of ketones is 1. The SMILES string of the molecule is O=C(COC(=O)c1cccc(N2C(=O)[C@H]3[C@H](C2=O)C2(Cl)c4ccccc4C3(Cl)c3ccccc32)c1)c1ccc(F)cc1. The Morgan fingerprint density at radius 1 is 0.714 bits per heavy atom. The van der Waals surface area contributed by atoms with E-state index in [9.17, 15) is 23.6 Å². The predicted octanol–water partition coefficient (Wildman–Crippen LogP) is 5.96. The molecule has 0 saturated carbocycles. The third-order valence-electron chi connectivity index (χ3n) is 8.43. The number of hydrogen-bond donors (Lipinski definition) is 0. The van der Waals surface area contributed by atoms with Crippen molar-refractivity contribution < 1.29 is 28.3 Å². The summed E-state index contributed by atoms with van der Waals surface area (Å²) in [4.78, 5) is 52.0. The Labute approximate surface area is 249 Å². The average molecular weight is 600 g/mol. The number of halogens is 3. The first kappa shape index (κ1) is 26.6. The minimum Gasteiger partial charge on any atom is -0.454 e. The molecule has 4 aromatic carbocycles. The predicted molar refractivity (Wildman–Crippen MR) is 153 cm³/mol. The Morgan fingerprint density at radius 3 is 1.71 bits per heavy atom. The summed E-state index contributed by atoms with van der Waals surface area (Å²) in [5.41, 5.74) is 3.13. The molecule has 42 heavy (non-hydrogen) atoms. The molecule has 6 nitrogen and oxygen atoms in total. The summed E-state index contributed by atoms with van der Waals surface area (Å²) in [5, 5.41) is 0. The van der Waals surface area contributed by atoms with Crippen LogP contribution in [0.2, 0.25) is 0 Å². The molecular formula is C33H20Cl2FNO5. The first-order chi connectivity index (χ1) is 20.2. The van der Waals surface area contributed by atoms with Crippen molar-refractivity contribution in [2.24, 2.45) is 11.8 Å². The number of hydrogen-bond acceptors (Lipinski definition) is 5. The molecule has 0 aromatic heterocycles. The number of nitrogens with zero attached hydrogens (tertiary/aromatic N) is 1. The van der Waals surface area contributed by atoms with Crippen LogP contribution < -0.4 is 4.90 Å². The largest absolute Gasteiger partial charge is 0.454 e. The molecule has 9 heteroatoms. The van der Waals surface area contributed by atoms with E-state index in [4.69, 9.17) is 27.9 Å². The maximum absolute atomic E-state index is 14.2. The van der Waals surface area contributed by atoms with E-state index in [1.54, 1.807) is 0 Å². The average Bonchev–Trinajstić information content (AvgIpc) is 3.29. The van der Waals surface area contributed by atoms with Crippen LogP contribution in [0.15, 0.2) is 97.1 Å². The number of Topliss-reactive ketones (excluding diaryl/α,β-unsaturated/α-hetero) is 1. The van der Waals surface area contributed by atoms with Gasteiger partial charge in [0.1, 0.15) is 15.6 Å². The van der Waals surface area contributed by atoms with Gasteiger partial charge in [-0.15, -0.1) is 23.2 Å². The monoisotopic (exact) mass is 599 g/mol. The molecule has 4 aliphatic rings. The molecule has 208 valence electrons. The zero-order valence-corrected chi connectivity index (χ0v) is 23.2. The highest BCUT2D eigenvalue weighted by atomic mass is 35.5. The van der Waals surface area contributed by atoms with Gasteiger partial charge in [-0.2, -0.15) is 0 Å². The number of rotatable bonds is 5. The summed E-state index contributed by atoms with van der Waals surface area (Å²) in [6.45, 7) is -0.569. The second kappa shape index (κ2) is 9.34. The maximum Gasteiger partial charge on any atom is 0.338 e. The lowest BCUT2D eigenvalue weighted by Crippen LogP contribution is -2.57. The van der Waals surface area contributed by atoms with E-state index in [1.165, 1.54) is 36.4 Å². The molecule has 3 aliphatic carbocycles. The third kappa shape index (κ3) is 3.50. The van der Waals surface area contributed by atoms with Gasteiger partial charge in [0, 0.05) is 5.56 Å². The molecule has 0 spiro atoms. The van der Waals surface area contributed by atoms with Gasteiger partial charge in [0.05, 0.1) is 23.1 Å². The van der Waals surface area contributed by atoms with Crippen molar-refractivity contribution in [3.05, 3.63) is 136 Å². The minimum atomic E-state index is -1.33. The molecular weight excluding hydrogens is 580 g/mol. The summed E-state index contributed by atoms with van der Waals surface area (Å²) in [6, 6.07) is 25.4. The van der Waals surface area contributed by atoms with E-state index in [1.807, 2.05) is 48.5 Å². The normalized spacial score (nSPS) is 25.1. The lowest BCUT2D eigenvalue weighted by Gasteiger charge is -2.54. The number of amides is 2. The third-order valence-corrected chi connectivity index (χ3v) is 9.71. The highest BCUT2D eigenvalue weighted by molar-refractivity contribution is 6.38. The Kier molecular flexibility index (Phi) is 5.91. The van der Waals surface area contributed by atoms with E-state index in [-0.39, 0.29) is 16.8 Å². The van der Waals surface area contributed by atoms with Gasteiger partial charge in [0.2, 0.25) is 11.8 Å². The van der Waals surface area contributed by atoms with E-state index >= 15 is 0 Å². The van der Waals surface area contributed by atoms with Crippen LogP contribution in [-0.2, 0) is 24.1 Å². The molecule has 1 heterocycles. The van der Waals surface area contributed by atoms with Gasteiger partial charge in [0.15, 0.2) is 12.4 Å². The van der Waals surface area contributed by atoms with Crippen LogP contribution in [0, 0.1) is 17.7 Å². The molecule has 0 unspecified atom stereocenters. The number of anilines is 1. The van der Waals surface area contributed by atoms with Crippen LogP contribution in [0.25, 0.3) is 0 Å². The summed E-state index contributed by atoms with van der Waals surface area (Å²) in [7, 11) is 0. The Hall–Kier alpha value is -4.33. The summed E-state index contributed by atoms with van der Waals surface area (Å²) in [6.07, 6.45) is 0. The first-order valence-corrected chi connectivity index (χ1v) is 13.9. The standard InChI is InChI=1S/C33H20Cl2FNO5/c34-32-22-8-1-2-9-23(22)33(35,25-11-4-3-10-24(25)32)28-27(32)29(39)37(30(28)40)21-7-5-6-19(16-21)31(41)42-17-26(38)18-12-14-20(36)15-13-18/h1-16,27-28H,17H2/t27-,28-,32?,33?/m1/s1. The lowest BCUT2D eigenvalue weighted by atomic mass is 9.54. The van der Waals surface area contributed by atoms with Gasteiger partial charge in [-0.3, -0.25) is 14.4 Å². The zero-order chi connectivity index (χ0) is 29.4. The fraction of sp³-hybridized carbons (Fsp3) is 0.152. The quantitative estimate of drug-likeness (QED) is 0.122. The number of carbonyl (C=O) groups excluding carboxylic acids is 4. The van der Waals surface area contributed by atoms with Gasteiger partial charge >= 0.3 is 5.97 Å².